The largest absolute Gasteiger partial charge is 0.508 e. The number of hydrogen-bond donors (Lipinski definition) is 12. The third kappa shape index (κ3) is 16.9. The maximum Gasteiger partial charge on any atom is 0.397 e. The zero-order valence-electron chi connectivity index (χ0n) is 39.0. The Labute approximate surface area is 395 Å². The number of aliphatic hydroxyl groups excluding tert-OH is 1. The lowest BCUT2D eigenvalue weighted by atomic mass is 9.96. The zero-order valence-corrected chi connectivity index (χ0v) is 39.8. The molecule has 26 heteroatoms. The highest BCUT2D eigenvalue weighted by Crippen LogP contribution is 2.25. The molecule has 380 valence electrons. The number of aromatic hydroxyl groups is 1. The van der Waals surface area contributed by atoms with Gasteiger partial charge in [0.05, 0.1) is 12.7 Å². The van der Waals surface area contributed by atoms with Crippen molar-refractivity contribution in [2.24, 2.45) is 34.2 Å². The van der Waals surface area contributed by atoms with Crippen molar-refractivity contribution in [2.45, 2.75) is 128 Å². The van der Waals surface area contributed by atoms with Gasteiger partial charge < -0.3 is 63.8 Å². The molecule has 25 nitrogen and oxygen atoms in total. The number of benzene rings is 1. The van der Waals surface area contributed by atoms with E-state index in [9.17, 15) is 61.5 Å². The average molecular weight is 982 g/mol. The van der Waals surface area contributed by atoms with Crippen LogP contribution in [-0.4, -0.2) is 156 Å². The monoisotopic (exact) mass is 981 g/mol. The standard InChI is InChI=1S/C42H67N11O14S/c1-7-23(6)33-40(62)48-27(10-8-9-16-46-42(43)44)35(57)51-32(22(4)5)41(63)53-19-26(67-68(64,65)66)18-30(53)38(60)47-28(15-17-45-34(56)24-11-13-25(55)14-12-24)36(58)50-31(21(2)3)39(61)49-29(20-54)37(59)52-33/h11-14,21-23,26-33,54-55H,7-10,15-20H2,1-6H3,(H,45,56)(H,47,60)(H,48,62)(H,49,61)(H,50,58)(H,51,57)(H,52,59)(H4,43,44,46)(H,64,65,66). The van der Waals surface area contributed by atoms with Gasteiger partial charge in [-0.25, -0.2) is 4.18 Å². The number of fused-ring (bicyclic) bond motifs is 1. The summed E-state index contributed by atoms with van der Waals surface area (Å²) in [5.74, 6) is -9.38. The second-order valence-corrected chi connectivity index (χ2v) is 18.5. The van der Waals surface area contributed by atoms with Crippen molar-refractivity contribution in [1.82, 2.24) is 42.1 Å². The van der Waals surface area contributed by atoms with Crippen LogP contribution in [0.1, 0.15) is 90.4 Å². The van der Waals surface area contributed by atoms with Gasteiger partial charge in [0.25, 0.3) is 5.91 Å². The van der Waals surface area contributed by atoms with Gasteiger partial charge in [0, 0.05) is 31.6 Å². The molecule has 0 spiro atoms. The van der Waals surface area contributed by atoms with Crippen molar-refractivity contribution in [3.63, 3.8) is 0 Å². The van der Waals surface area contributed by atoms with Crippen molar-refractivity contribution in [2.75, 3.05) is 26.2 Å². The first-order valence-electron chi connectivity index (χ1n) is 22.4. The Bertz CT molecular complexity index is 2100. The van der Waals surface area contributed by atoms with E-state index in [1.165, 1.54) is 24.3 Å². The van der Waals surface area contributed by atoms with Crippen LogP contribution in [0.5, 0.6) is 5.75 Å². The molecule has 3 rings (SSSR count). The number of hydrogen-bond acceptors (Lipinski definition) is 14. The Hall–Kier alpha value is -6.12. The fourth-order valence-corrected chi connectivity index (χ4v) is 7.94. The maximum atomic E-state index is 14.6. The molecule has 68 heavy (non-hydrogen) atoms. The summed E-state index contributed by atoms with van der Waals surface area (Å²) >= 11 is 0. The fourth-order valence-electron chi connectivity index (χ4n) is 7.46. The quantitative estimate of drug-likeness (QED) is 0.0340. The van der Waals surface area contributed by atoms with Crippen LogP contribution in [0.2, 0.25) is 0 Å². The highest BCUT2D eigenvalue weighted by atomic mass is 32.3. The Balaban J connectivity index is 2.17. The minimum atomic E-state index is -5.14. The van der Waals surface area contributed by atoms with Crippen LogP contribution >= 0.6 is 0 Å². The number of aliphatic hydroxyl groups is 1. The van der Waals surface area contributed by atoms with Gasteiger partial charge in [-0.15, -0.1) is 0 Å². The molecule has 1 aromatic carbocycles. The number of amides is 8. The third-order valence-corrected chi connectivity index (χ3v) is 12.0. The first kappa shape index (κ1) is 56.2. The SMILES string of the molecule is CCC(C)C1NC(=O)C(CO)NC(=O)C(C(C)C)NC(=O)C(CCNC(=O)c2ccc(O)cc2)NC(=O)C2CC(OS(=O)(=O)O)CN2C(=O)C(C(C)C)NC(=O)C(CCCCN=C(N)N)NC1=O. The van der Waals surface area contributed by atoms with Gasteiger partial charge in [0.15, 0.2) is 5.96 Å². The number of carbonyl (C=O) groups is 8. The number of unbranched alkanes of at least 4 members (excludes halogenated alkanes) is 1. The van der Waals surface area contributed by atoms with Gasteiger partial charge in [0.2, 0.25) is 41.4 Å². The van der Waals surface area contributed by atoms with E-state index in [2.05, 4.69) is 42.2 Å². The minimum absolute atomic E-state index is 0.0273. The number of nitrogens with one attached hydrogen (secondary N) is 7. The number of phenolic OH excluding ortho intramolecular Hbond substituents is 1. The van der Waals surface area contributed by atoms with Crippen LogP contribution in [0.3, 0.4) is 0 Å². The number of nitrogens with zero attached hydrogens (tertiary/aromatic N) is 2. The Kier molecular flexibility index (Phi) is 21.4. The van der Waals surface area contributed by atoms with Crippen molar-refractivity contribution in [1.29, 1.82) is 0 Å². The second kappa shape index (κ2) is 25.9. The molecule has 2 fully saturated rings. The molecule has 9 unspecified atom stereocenters. The van der Waals surface area contributed by atoms with Gasteiger partial charge >= 0.3 is 10.4 Å². The summed E-state index contributed by atoms with van der Waals surface area (Å²) < 4.78 is 38.2. The highest BCUT2D eigenvalue weighted by molar-refractivity contribution is 7.80. The summed E-state index contributed by atoms with van der Waals surface area (Å²) in [4.78, 5) is 117. The average Bonchev–Trinajstić information content (AvgIpc) is 3.68. The van der Waals surface area contributed by atoms with Crippen molar-refractivity contribution < 1.29 is 65.7 Å². The summed E-state index contributed by atoms with van der Waals surface area (Å²) in [7, 11) is -5.14. The highest BCUT2D eigenvalue weighted by Gasteiger charge is 2.46. The van der Waals surface area contributed by atoms with Gasteiger partial charge in [-0.05, 0) is 67.7 Å². The van der Waals surface area contributed by atoms with E-state index in [0.717, 1.165) is 4.90 Å². The van der Waals surface area contributed by atoms with E-state index in [4.69, 9.17) is 15.7 Å². The molecule has 0 radical (unpaired) electrons. The fraction of sp³-hybridized carbons (Fsp3) is 0.643. The predicted molar refractivity (Wildman–Crippen MR) is 244 cm³/mol. The van der Waals surface area contributed by atoms with Crippen molar-refractivity contribution >= 4 is 63.6 Å². The molecular weight excluding hydrogens is 915 g/mol. The molecule has 9 atom stereocenters. The summed E-state index contributed by atoms with van der Waals surface area (Å²) in [6.45, 7) is 8.01. The molecule has 2 heterocycles. The molecule has 0 saturated carbocycles. The number of aliphatic imine (C=N–C) groups is 1. The Morgan fingerprint density at radius 2 is 1.31 bits per heavy atom. The number of guanidine groups is 1. The molecule has 2 aliphatic rings. The smallest absolute Gasteiger partial charge is 0.397 e. The summed E-state index contributed by atoms with van der Waals surface area (Å²) in [5, 5.41) is 37.9. The van der Waals surface area contributed by atoms with Crippen LogP contribution in [0.15, 0.2) is 29.3 Å². The third-order valence-electron chi connectivity index (χ3n) is 11.5. The van der Waals surface area contributed by atoms with E-state index >= 15 is 0 Å². The van der Waals surface area contributed by atoms with Crippen molar-refractivity contribution in [3.8, 4) is 5.75 Å². The minimum Gasteiger partial charge on any atom is -0.508 e. The van der Waals surface area contributed by atoms with E-state index < -0.39 is 143 Å². The van der Waals surface area contributed by atoms with Crippen molar-refractivity contribution in [3.05, 3.63) is 29.8 Å². The second-order valence-electron chi connectivity index (χ2n) is 17.5. The molecule has 1 aromatic rings. The normalized spacial score (nSPS) is 25.4. The molecule has 2 aliphatic heterocycles. The van der Waals surface area contributed by atoms with Gasteiger partial charge in [-0.1, -0.05) is 48.0 Å². The van der Waals surface area contributed by atoms with E-state index in [-0.39, 0.29) is 49.6 Å². The van der Waals surface area contributed by atoms with E-state index in [1.807, 2.05) is 0 Å². The topological polar surface area (TPSA) is 392 Å². The number of carbonyl (C=O) groups excluding carboxylic acids is 8. The zero-order chi connectivity index (χ0) is 51.0. The molecule has 0 bridgehead atoms. The van der Waals surface area contributed by atoms with Crippen LogP contribution < -0.4 is 48.7 Å². The first-order chi connectivity index (χ1) is 31.9. The lowest BCUT2D eigenvalue weighted by Crippen LogP contribution is -2.62. The van der Waals surface area contributed by atoms with E-state index in [0.29, 0.717) is 12.8 Å². The van der Waals surface area contributed by atoms with Crippen LogP contribution in [0.4, 0.5) is 0 Å². The molecular formula is C42H67N11O14S. The van der Waals surface area contributed by atoms with Gasteiger partial charge in [0.1, 0.15) is 48.0 Å². The van der Waals surface area contributed by atoms with Gasteiger partial charge in [-0.2, -0.15) is 8.42 Å². The number of nitrogens with two attached hydrogens (primary N) is 2. The Morgan fingerprint density at radius 1 is 0.779 bits per heavy atom. The molecule has 0 aliphatic carbocycles. The number of phenols is 1. The molecule has 2 saturated heterocycles. The lowest BCUT2D eigenvalue weighted by molar-refractivity contribution is -0.143. The lowest BCUT2D eigenvalue weighted by Gasteiger charge is -2.32. The first-order valence-corrected chi connectivity index (χ1v) is 23.8. The van der Waals surface area contributed by atoms with Crippen LogP contribution in [0, 0.1) is 17.8 Å². The number of rotatable bonds is 16. The Morgan fingerprint density at radius 3 is 1.87 bits per heavy atom. The maximum absolute atomic E-state index is 14.6. The molecule has 0 aromatic heterocycles. The summed E-state index contributed by atoms with van der Waals surface area (Å²) in [5.41, 5.74) is 11.0. The summed E-state index contributed by atoms with van der Waals surface area (Å²) in [6.07, 6.45) is -1.43. The van der Waals surface area contributed by atoms with E-state index in [1.54, 1.807) is 41.5 Å². The van der Waals surface area contributed by atoms with Crippen LogP contribution in [0.25, 0.3) is 0 Å². The summed E-state index contributed by atoms with van der Waals surface area (Å²) in [6, 6.07) is -5.14. The van der Waals surface area contributed by atoms with Gasteiger partial charge in [-0.3, -0.25) is 47.9 Å². The molecule has 8 amide bonds. The van der Waals surface area contributed by atoms with Crippen LogP contribution in [-0.2, 0) is 48.1 Å². The molecule has 14 N–H and O–H groups in total. The predicted octanol–water partition coefficient (Wildman–Crippen LogP) is -2.98.